The molecule has 44 heavy (non-hydrogen) atoms. The van der Waals surface area contributed by atoms with Gasteiger partial charge in [0.1, 0.15) is 17.4 Å². The third-order valence-electron chi connectivity index (χ3n) is 9.28. The summed E-state index contributed by atoms with van der Waals surface area (Å²) in [6.07, 6.45) is 5.56. The van der Waals surface area contributed by atoms with Gasteiger partial charge in [-0.25, -0.2) is 8.78 Å². The zero-order valence-corrected chi connectivity index (χ0v) is 28.4. The van der Waals surface area contributed by atoms with Gasteiger partial charge < -0.3 is 9.64 Å². The predicted octanol–water partition coefficient (Wildman–Crippen LogP) is 9.47. The Morgan fingerprint density at radius 1 is 0.818 bits per heavy atom. The lowest BCUT2D eigenvalue weighted by atomic mass is 9.78. The third-order valence-corrected chi connectivity index (χ3v) is 9.28. The largest absolute Gasteiger partial charge is 0.496 e. The number of benzene rings is 3. The topological polar surface area (TPSA) is 15.7 Å². The van der Waals surface area contributed by atoms with Crippen molar-refractivity contribution >= 4 is 0 Å². The van der Waals surface area contributed by atoms with Gasteiger partial charge in [0, 0.05) is 36.2 Å². The van der Waals surface area contributed by atoms with Crippen LogP contribution in [0.4, 0.5) is 8.78 Å². The molecule has 0 spiro atoms. The SMILES string of the molecule is COc1c(C(C)(C)C)cc(CN(C)[C@@H]2CCN(CCCCCC(c3ccc(F)cc3)c3ccc(F)cc3)C2)cc1C(C)(C)C. The van der Waals surface area contributed by atoms with E-state index in [4.69, 9.17) is 4.74 Å². The second-order valence-corrected chi connectivity index (χ2v) is 14.9. The van der Waals surface area contributed by atoms with Gasteiger partial charge in [-0.3, -0.25) is 4.90 Å². The minimum atomic E-state index is -0.227. The molecule has 1 heterocycles. The number of hydrogen-bond donors (Lipinski definition) is 0. The van der Waals surface area contributed by atoms with Crippen LogP contribution < -0.4 is 4.74 Å². The number of nitrogens with zero attached hydrogens (tertiary/aromatic N) is 2. The lowest BCUT2D eigenvalue weighted by molar-refractivity contribution is 0.223. The van der Waals surface area contributed by atoms with Crippen LogP contribution in [0, 0.1) is 11.6 Å². The molecule has 1 fully saturated rings. The van der Waals surface area contributed by atoms with Gasteiger partial charge in [0.15, 0.2) is 0 Å². The fourth-order valence-corrected chi connectivity index (χ4v) is 6.68. The van der Waals surface area contributed by atoms with Crippen LogP contribution in [0.25, 0.3) is 0 Å². The van der Waals surface area contributed by atoms with Crippen molar-refractivity contribution in [1.29, 1.82) is 0 Å². The van der Waals surface area contributed by atoms with E-state index >= 15 is 0 Å². The molecule has 0 bridgehead atoms. The zero-order valence-electron chi connectivity index (χ0n) is 28.4. The van der Waals surface area contributed by atoms with Gasteiger partial charge in [0.2, 0.25) is 0 Å². The van der Waals surface area contributed by atoms with Crippen molar-refractivity contribution in [3.63, 3.8) is 0 Å². The number of methoxy groups -OCH3 is 1. The van der Waals surface area contributed by atoms with Crippen molar-refractivity contribution in [3.05, 3.63) is 100 Å². The smallest absolute Gasteiger partial charge is 0.126 e. The minimum Gasteiger partial charge on any atom is -0.496 e. The van der Waals surface area contributed by atoms with Crippen molar-refractivity contribution < 1.29 is 13.5 Å². The third kappa shape index (κ3) is 8.91. The Hall–Kier alpha value is -2.76. The van der Waals surface area contributed by atoms with Crippen LogP contribution in [0.1, 0.15) is 107 Å². The van der Waals surface area contributed by atoms with Crippen molar-refractivity contribution in [2.24, 2.45) is 0 Å². The molecule has 3 nitrogen and oxygen atoms in total. The van der Waals surface area contributed by atoms with E-state index in [1.165, 1.54) is 53.8 Å². The standard InChI is InChI=1S/C39H54F2N2O/c1-38(2,3)35-24-28(25-36(37(35)44-8)39(4,5)6)26-42(7)33-21-23-43(27-33)22-11-9-10-12-34(29-13-17-31(40)18-14-29)30-15-19-32(41)20-16-30/h13-20,24-25,33-34H,9-12,21-23,26-27H2,1-8H3/t33-/m1/s1. The molecule has 1 atom stereocenters. The average molecular weight is 605 g/mol. The first kappa shape index (κ1) is 34.1. The highest BCUT2D eigenvalue weighted by molar-refractivity contribution is 5.51. The molecule has 0 aromatic heterocycles. The van der Waals surface area contributed by atoms with Crippen LogP contribution in [0.5, 0.6) is 5.75 Å². The fraction of sp³-hybridized carbons (Fsp3) is 0.538. The predicted molar refractivity (Wildman–Crippen MR) is 180 cm³/mol. The van der Waals surface area contributed by atoms with Gasteiger partial charge in [-0.1, -0.05) is 90.8 Å². The summed E-state index contributed by atoms with van der Waals surface area (Å²) < 4.78 is 33.1. The maximum Gasteiger partial charge on any atom is 0.126 e. The quantitative estimate of drug-likeness (QED) is 0.192. The van der Waals surface area contributed by atoms with E-state index in [1.807, 2.05) is 24.3 Å². The molecule has 0 radical (unpaired) electrons. The monoisotopic (exact) mass is 604 g/mol. The summed E-state index contributed by atoms with van der Waals surface area (Å²) in [4.78, 5) is 5.16. The van der Waals surface area contributed by atoms with Gasteiger partial charge in [-0.2, -0.15) is 0 Å². The van der Waals surface area contributed by atoms with Gasteiger partial charge in [0.05, 0.1) is 7.11 Å². The summed E-state index contributed by atoms with van der Waals surface area (Å²) >= 11 is 0. The first-order valence-corrected chi connectivity index (χ1v) is 16.4. The molecular weight excluding hydrogens is 550 g/mol. The van der Waals surface area contributed by atoms with E-state index in [0.717, 1.165) is 62.3 Å². The normalized spacial score (nSPS) is 16.3. The zero-order chi connectivity index (χ0) is 32.1. The summed E-state index contributed by atoms with van der Waals surface area (Å²) in [5.41, 5.74) is 6.10. The molecule has 0 unspecified atom stereocenters. The lowest BCUT2D eigenvalue weighted by Gasteiger charge is -2.31. The van der Waals surface area contributed by atoms with Crippen LogP contribution in [0.15, 0.2) is 60.7 Å². The number of ether oxygens (including phenoxy) is 1. The van der Waals surface area contributed by atoms with Crippen LogP contribution in [-0.4, -0.2) is 49.6 Å². The van der Waals surface area contributed by atoms with Crippen LogP contribution in [-0.2, 0) is 17.4 Å². The number of likely N-dealkylation sites (tertiary alicyclic amines) is 1. The summed E-state index contributed by atoms with van der Waals surface area (Å²) in [5.74, 6) is 0.727. The summed E-state index contributed by atoms with van der Waals surface area (Å²) in [6, 6.07) is 18.8. The Labute approximate surface area is 265 Å². The Morgan fingerprint density at radius 2 is 1.34 bits per heavy atom. The highest BCUT2D eigenvalue weighted by Crippen LogP contribution is 2.41. The van der Waals surface area contributed by atoms with Crippen LogP contribution >= 0.6 is 0 Å². The molecule has 5 heteroatoms. The van der Waals surface area contributed by atoms with Crippen molar-refractivity contribution in [3.8, 4) is 5.75 Å². The van der Waals surface area contributed by atoms with Gasteiger partial charge in [0.25, 0.3) is 0 Å². The molecule has 3 aromatic rings. The summed E-state index contributed by atoms with van der Waals surface area (Å²) in [7, 11) is 4.07. The molecule has 3 aromatic carbocycles. The molecule has 0 aliphatic carbocycles. The summed E-state index contributed by atoms with van der Waals surface area (Å²) in [5, 5.41) is 0. The van der Waals surface area contributed by atoms with E-state index in [0.29, 0.717) is 6.04 Å². The number of rotatable bonds is 12. The molecule has 240 valence electrons. The van der Waals surface area contributed by atoms with Crippen molar-refractivity contribution in [1.82, 2.24) is 9.80 Å². The Bertz CT molecular complexity index is 1260. The van der Waals surface area contributed by atoms with E-state index in [-0.39, 0.29) is 28.4 Å². The second kappa shape index (κ2) is 14.6. The van der Waals surface area contributed by atoms with Gasteiger partial charge in [-0.15, -0.1) is 0 Å². The fourth-order valence-electron chi connectivity index (χ4n) is 6.68. The minimum absolute atomic E-state index is 0.00212. The lowest BCUT2D eigenvalue weighted by Crippen LogP contribution is -2.34. The maximum atomic E-state index is 13.6. The Balaban J connectivity index is 1.30. The first-order chi connectivity index (χ1) is 20.8. The Kier molecular flexibility index (Phi) is 11.3. The van der Waals surface area contributed by atoms with Crippen LogP contribution in [0.3, 0.4) is 0 Å². The molecule has 4 rings (SSSR count). The van der Waals surface area contributed by atoms with Crippen LogP contribution in [0.2, 0.25) is 0 Å². The molecule has 1 aliphatic rings. The van der Waals surface area contributed by atoms with Gasteiger partial charge in [-0.05, 0) is 91.2 Å². The highest BCUT2D eigenvalue weighted by atomic mass is 19.1. The first-order valence-electron chi connectivity index (χ1n) is 16.4. The molecule has 1 aliphatic heterocycles. The van der Waals surface area contributed by atoms with E-state index < -0.39 is 0 Å². The average Bonchev–Trinajstić information content (AvgIpc) is 3.44. The van der Waals surface area contributed by atoms with E-state index in [2.05, 4.69) is 70.5 Å². The summed E-state index contributed by atoms with van der Waals surface area (Å²) in [6.45, 7) is 17.9. The molecule has 1 saturated heterocycles. The maximum absolute atomic E-state index is 13.6. The van der Waals surface area contributed by atoms with E-state index in [1.54, 1.807) is 7.11 Å². The van der Waals surface area contributed by atoms with Crippen molar-refractivity contribution in [2.45, 2.75) is 103 Å². The van der Waals surface area contributed by atoms with Gasteiger partial charge >= 0.3 is 0 Å². The molecule has 0 saturated carbocycles. The molecule has 0 N–H and O–H groups in total. The number of likely N-dealkylation sites (N-methyl/N-ethyl adjacent to an activating group) is 1. The number of unbranched alkanes of at least 4 members (excludes halogenated alkanes) is 2. The molecular formula is C39H54F2N2O. The molecule has 0 amide bonds. The number of halogens is 2. The number of hydrogen-bond acceptors (Lipinski definition) is 3. The van der Waals surface area contributed by atoms with E-state index in [9.17, 15) is 8.78 Å². The van der Waals surface area contributed by atoms with Crippen molar-refractivity contribution in [2.75, 3.05) is 33.8 Å². The second-order valence-electron chi connectivity index (χ2n) is 14.9. The highest BCUT2D eigenvalue weighted by Gasteiger charge is 2.29. The Morgan fingerprint density at radius 3 is 1.82 bits per heavy atom.